The van der Waals surface area contributed by atoms with E-state index in [1.54, 1.807) is 54.6 Å². The van der Waals surface area contributed by atoms with Gasteiger partial charge in [0.2, 0.25) is 10.0 Å². The van der Waals surface area contributed by atoms with E-state index in [1.807, 2.05) is 92.7 Å². The number of para-hydroxylation sites is 2. The normalized spacial score (nSPS) is 17.5. The number of nitrogens with one attached hydrogen (secondary N) is 1. The molecule has 1 heterocycles. The number of sulfonamides is 2. The Morgan fingerprint density at radius 1 is 0.574 bits per heavy atom. The summed E-state index contributed by atoms with van der Waals surface area (Å²) in [5.41, 5.74) is 4.93. The van der Waals surface area contributed by atoms with E-state index >= 15 is 0 Å². The van der Waals surface area contributed by atoms with E-state index < -0.39 is 26.1 Å². The van der Waals surface area contributed by atoms with Gasteiger partial charge in [0, 0.05) is 18.6 Å². The van der Waals surface area contributed by atoms with Crippen LogP contribution in [0.1, 0.15) is 22.3 Å². The quantitative estimate of drug-likeness (QED) is 0.196. The van der Waals surface area contributed by atoms with E-state index in [0.29, 0.717) is 24.2 Å². The van der Waals surface area contributed by atoms with Crippen molar-refractivity contribution in [1.29, 1.82) is 0 Å². The van der Waals surface area contributed by atoms with Crippen LogP contribution in [0.25, 0.3) is 0 Å². The topological polar surface area (TPSA) is 86.8 Å². The molecule has 0 aromatic heterocycles. The lowest BCUT2D eigenvalue weighted by Gasteiger charge is -2.35. The summed E-state index contributed by atoms with van der Waals surface area (Å²) in [6.07, 6.45) is 0.837. The molecule has 0 bridgehead atoms. The van der Waals surface area contributed by atoms with Gasteiger partial charge in [0.05, 0.1) is 27.7 Å². The van der Waals surface area contributed by atoms with E-state index in [9.17, 15) is 16.8 Å². The van der Waals surface area contributed by atoms with Crippen molar-refractivity contribution in [2.75, 3.05) is 22.7 Å². The minimum absolute atomic E-state index is 0.0903. The van der Waals surface area contributed by atoms with Crippen molar-refractivity contribution in [1.82, 2.24) is 4.31 Å². The third-order valence-corrected chi connectivity index (χ3v) is 12.3. The van der Waals surface area contributed by atoms with Gasteiger partial charge in [0.1, 0.15) is 0 Å². The van der Waals surface area contributed by atoms with Gasteiger partial charge in [-0.05, 0) is 74.2 Å². The molecule has 1 aliphatic heterocycles. The molecule has 0 radical (unpaired) electrons. The maximum Gasteiger partial charge on any atom is 0.264 e. The lowest BCUT2D eigenvalue weighted by molar-refractivity contribution is 0.310. The molecule has 0 unspecified atom stereocenters. The van der Waals surface area contributed by atoms with Gasteiger partial charge in [-0.2, -0.15) is 4.31 Å². The molecule has 0 amide bonds. The first-order valence-electron chi connectivity index (χ1n) is 15.7. The minimum Gasteiger partial charge on any atom is -0.379 e. The monoisotopic (exact) mass is 665 g/mol. The van der Waals surface area contributed by atoms with E-state index in [4.69, 9.17) is 0 Å². The molecule has 9 heteroatoms. The molecule has 47 heavy (non-hydrogen) atoms. The van der Waals surface area contributed by atoms with Crippen molar-refractivity contribution in [3.63, 3.8) is 0 Å². The summed E-state index contributed by atoms with van der Waals surface area (Å²) in [4.78, 5) is 0.314. The highest BCUT2D eigenvalue weighted by Crippen LogP contribution is 2.35. The highest BCUT2D eigenvalue weighted by Gasteiger charge is 2.39. The fourth-order valence-corrected chi connectivity index (χ4v) is 9.28. The first kappa shape index (κ1) is 32.5. The summed E-state index contributed by atoms with van der Waals surface area (Å²) in [5.74, 6) is 0. The average molecular weight is 666 g/mol. The molecular formula is C38H39N3O4S2. The van der Waals surface area contributed by atoms with Crippen LogP contribution < -0.4 is 9.62 Å². The molecule has 7 nitrogen and oxygen atoms in total. The fraction of sp³-hybridized carbons (Fsp3) is 0.211. The van der Waals surface area contributed by atoms with Crippen molar-refractivity contribution in [3.05, 3.63) is 156 Å². The molecule has 0 aliphatic carbocycles. The number of rotatable bonds is 8. The molecule has 1 aliphatic rings. The number of fused-ring (bicyclic) bond motifs is 1. The predicted octanol–water partition coefficient (Wildman–Crippen LogP) is 6.84. The number of anilines is 2. The van der Waals surface area contributed by atoms with Gasteiger partial charge in [-0.3, -0.25) is 4.31 Å². The van der Waals surface area contributed by atoms with Gasteiger partial charge in [-0.1, -0.05) is 108 Å². The van der Waals surface area contributed by atoms with Gasteiger partial charge < -0.3 is 5.32 Å². The Kier molecular flexibility index (Phi) is 9.50. The lowest BCUT2D eigenvalue weighted by Crippen LogP contribution is -2.52. The maximum atomic E-state index is 14.7. The second-order valence-electron chi connectivity index (χ2n) is 12.1. The third kappa shape index (κ3) is 7.27. The molecule has 0 saturated heterocycles. The number of nitrogens with zero attached hydrogens (tertiary/aromatic N) is 2. The summed E-state index contributed by atoms with van der Waals surface area (Å²) in [5, 5.41) is 3.59. The van der Waals surface area contributed by atoms with E-state index in [-0.39, 0.29) is 28.9 Å². The largest absolute Gasteiger partial charge is 0.379 e. The van der Waals surface area contributed by atoms with Crippen LogP contribution in [0.3, 0.4) is 0 Å². The average Bonchev–Trinajstić information content (AvgIpc) is 3.13. The summed E-state index contributed by atoms with van der Waals surface area (Å²) in [7, 11) is -8.20. The van der Waals surface area contributed by atoms with Crippen molar-refractivity contribution in [3.8, 4) is 0 Å². The van der Waals surface area contributed by atoms with Crippen molar-refractivity contribution in [2.24, 2.45) is 0 Å². The maximum absolute atomic E-state index is 14.7. The van der Waals surface area contributed by atoms with Crippen molar-refractivity contribution < 1.29 is 16.8 Å². The molecule has 1 N–H and O–H groups in total. The Hall–Kier alpha value is -4.44. The highest BCUT2D eigenvalue weighted by molar-refractivity contribution is 7.93. The van der Waals surface area contributed by atoms with Crippen LogP contribution in [0.5, 0.6) is 0 Å². The first-order chi connectivity index (χ1) is 22.6. The molecule has 0 saturated carbocycles. The van der Waals surface area contributed by atoms with Gasteiger partial charge in [-0.25, -0.2) is 16.8 Å². The van der Waals surface area contributed by atoms with Crippen LogP contribution in [0, 0.1) is 13.8 Å². The number of benzene rings is 5. The second kappa shape index (κ2) is 13.7. The number of hydrogen-bond acceptors (Lipinski definition) is 5. The molecule has 5 aromatic carbocycles. The summed E-state index contributed by atoms with van der Waals surface area (Å²) < 4.78 is 61.6. The van der Waals surface area contributed by atoms with Crippen LogP contribution in [-0.2, 0) is 32.9 Å². The Bertz CT molecular complexity index is 2020. The molecule has 6 rings (SSSR count). The Balaban J connectivity index is 1.56. The van der Waals surface area contributed by atoms with E-state index in [2.05, 4.69) is 5.32 Å². The summed E-state index contributed by atoms with van der Waals surface area (Å²) in [6, 6.07) is 39.4. The Morgan fingerprint density at radius 3 is 1.64 bits per heavy atom. The summed E-state index contributed by atoms with van der Waals surface area (Å²) in [6.45, 7) is 3.86. The Morgan fingerprint density at radius 2 is 1.06 bits per heavy atom. The van der Waals surface area contributed by atoms with Crippen LogP contribution in [-0.4, -0.2) is 46.3 Å². The number of aryl methyl sites for hydroxylation is 2. The Labute approximate surface area is 278 Å². The zero-order valence-corrected chi connectivity index (χ0v) is 28.2. The van der Waals surface area contributed by atoms with Gasteiger partial charge in [0.15, 0.2) is 0 Å². The van der Waals surface area contributed by atoms with Crippen LogP contribution in [0.2, 0.25) is 0 Å². The SMILES string of the molecule is Cc1ccc(S(=O)(=O)N2C[C@H](Cc3ccccc3)N(S(=O)(=O)c3ccc(C)cc3)C[C@H](Cc3ccccc3)Nc3ccccc32)cc1. The van der Waals surface area contributed by atoms with Crippen molar-refractivity contribution in [2.45, 2.75) is 48.6 Å². The molecule has 0 spiro atoms. The predicted molar refractivity (Wildman–Crippen MR) is 189 cm³/mol. The van der Waals surface area contributed by atoms with Gasteiger partial charge in [0.25, 0.3) is 10.0 Å². The summed E-state index contributed by atoms with van der Waals surface area (Å²) >= 11 is 0. The lowest BCUT2D eigenvalue weighted by atomic mass is 10.0. The van der Waals surface area contributed by atoms with Gasteiger partial charge in [-0.15, -0.1) is 0 Å². The molecule has 5 aromatic rings. The zero-order valence-electron chi connectivity index (χ0n) is 26.5. The van der Waals surface area contributed by atoms with Crippen LogP contribution in [0.15, 0.2) is 143 Å². The zero-order chi connectivity index (χ0) is 33.0. The second-order valence-corrected chi connectivity index (χ2v) is 15.9. The smallest absolute Gasteiger partial charge is 0.264 e. The van der Waals surface area contributed by atoms with Gasteiger partial charge >= 0.3 is 0 Å². The highest BCUT2D eigenvalue weighted by atomic mass is 32.2. The minimum atomic E-state index is -4.12. The molecule has 2 atom stereocenters. The van der Waals surface area contributed by atoms with E-state index in [0.717, 1.165) is 22.3 Å². The standard InChI is InChI=1S/C38H39N3O4S2/c1-29-17-21-35(22-18-29)46(42,43)40-27-33(25-31-11-5-3-6-12-31)39-37-15-9-10-16-38(37)41(28-34(40)26-32-13-7-4-8-14-32)47(44,45)36-23-19-30(2)20-24-36/h3-24,33-34,39H,25-28H2,1-2H3/t33-,34-/m0/s1. The number of hydrogen-bond donors (Lipinski definition) is 1. The molecular weight excluding hydrogens is 627 g/mol. The van der Waals surface area contributed by atoms with Crippen LogP contribution in [0.4, 0.5) is 11.4 Å². The third-order valence-electron chi connectivity index (χ3n) is 8.59. The first-order valence-corrected chi connectivity index (χ1v) is 18.6. The van der Waals surface area contributed by atoms with E-state index in [1.165, 1.54) is 8.61 Å². The molecule has 0 fully saturated rings. The van der Waals surface area contributed by atoms with Crippen LogP contribution >= 0.6 is 0 Å². The fourth-order valence-electron chi connectivity index (χ4n) is 6.10. The van der Waals surface area contributed by atoms with Crippen molar-refractivity contribution >= 4 is 31.4 Å². The molecule has 242 valence electrons.